The molecular weight excluding hydrogens is 392 g/mol. The summed E-state index contributed by atoms with van der Waals surface area (Å²) in [7, 11) is -2.28. The number of aliphatic imine (C=N–C) groups is 1. The van der Waals surface area contributed by atoms with E-state index in [4.69, 9.17) is 0 Å². The van der Waals surface area contributed by atoms with Gasteiger partial charge in [0.15, 0.2) is 5.96 Å². The minimum Gasteiger partial charge on any atom is -0.355 e. The molecule has 3 atom stereocenters. The van der Waals surface area contributed by atoms with Crippen LogP contribution in [0.5, 0.6) is 0 Å². The fourth-order valence-corrected chi connectivity index (χ4v) is 7.23. The Kier molecular flexibility index (Phi) is 9.19. The van der Waals surface area contributed by atoms with Crippen LogP contribution in [0.25, 0.3) is 0 Å². The van der Waals surface area contributed by atoms with Gasteiger partial charge in [0.25, 0.3) is 0 Å². The Balaban J connectivity index is 1.77. The van der Waals surface area contributed by atoms with Crippen LogP contribution in [0.4, 0.5) is 0 Å². The standard InChI is InChI=1S/C16H32N4O3S3/c1-3-25(21)15-6-4-5-14(13-15)19-16(17-2)18-7-12-26(22,23)20-8-10-24-11-9-20/h14-15H,3-13H2,1-2H3,(H2,17,18,19). The molecule has 3 unspecified atom stereocenters. The number of sulfonamides is 1. The van der Waals surface area contributed by atoms with Gasteiger partial charge in [0.05, 0.1) is 5.75 Å². The van der Waals surface area contributed by atoms with Crippen LogP contribution >= 0.6 is 11.8 Å². The van der Waals surface area contributed by atoms with Crippen LogP contribution in [0.15, 0.2) is 4.99 Å². The second kappa shape index (κ2) is 10.9. The number of nitrogens with zero attached hydrogens (tertiary/aromatic N) is 2. The molecular formula is C16H32N4O3S3. The zero-order valence-electron chi connectivity index (χ0n) is 15.8. The minimum atomic E-state index is -3.21. The van der Waals surface area contributed by atoms with Gasteiger partial charge in [0.2, 0.25) is 10.0 Å². The first kappa shape index (κ1) is 22.0. The molecule has 10 heteroatoms. The van der Waals surface area contributed by atoms with Crippen molar-refractivity contribution in [1.82, 2.24) is 14.9 Å². The van der Waals surface area contributed by atoms with E-state index in [2.05, 4.69) is 15.6 Å². The summed E-state index contributed by atoms with van der Waals surface area (Å²) < 4.78 is 38.4. The predicted octanol–water partition coefficient (Wildman–Crippen LogP) is 0.610. The van der Waals surface area contributed by atoms with Gasteiger partial charge >= 0.3 is 0 Å². The van der Waals surface area contributed by atoms with Gasteiger partial charge in [-0.3, -0.25) is 9.20 Å². The van der Waals surface area contributed by atoms with Crippen molar-refractivity contribution >= 4 is 38.5 Å². The average Bonchev–Trinajstić information content (AvgIpc) is 2.67. The van der Waals surface area contributed by atoms with Gasteiger partial charge in [-0.25, -0.2) is 12.7 Å². The fourth-order valence-electron chi connectivity index (χ4n) is 3.39. The lowest BCUT2D eigenvalue weighted by molar-refractivity contribution is 0.413. The van der Waals surface area contributed by atoms with Crippen LogP contribution < -0.4 is 10.6 Å². The molecule has 0 aromatic rings. The third kappa shape index (κ3) is 6.69. The Bertz CT molecular complexity index is 592. The topological polar surface area (TPSA) is 90.9 Å². The molecule has 2 fully saturated rings. The van der Waals surface area contributed by atoms with Crippen molar-refractivity contribution in [2.24, 2.45) is 4.99 Å². The Morgan fingerprint density at radius 3 is 2.69 bits per heavy atom. The monoisotopic (exact) mass is 424 g/mol. The van der Waals surface area contributed by atoms with E-state index in [0.29, 0.717) is 31.3 Å². The lowest BCUT2D eigenvalue weighted by atomic mass is 9.95. The quantitative estimate of drug-likeness (QED) is 0.460. The van der Waals surface area contributed by atoms with Crippen molar-refractivity contribution < 1.29 is 12.6 Å². The van der Waals surface area contributed by atoms with Gasteiger partial charge in [0.1, 0.15) is 0 Å². The highest BCUT2D eigenvalue weighted by atomic mass is 32.2. The molecule has 7 nitrogen and oxygen atoms in total. The van der Waals surface area contributed by atoms with E-state index in [0.717, 1.165) is 37.2 Å². The number of nitrogens with one attached hydrogen (secondary N) is 2. The highest BCUT2D eigenvalue weighted by molar-refractivity contribution is 7.99. The largest absolute Gasteiger partial charge is 0.355 e. The minimum absolute atomic E-state index is 0.0749. The summed E-state index contributed by atoms with van der Waals surface area (Å²) in [5.74, 6) is 3.15. The zero-order valence-corrected chi connectivity index (χ0v) is 18.2. The van der Waals surface area contributed by atoms with E-state index in [1.807, 2.05) is 6.92 Å². The van der Waals surface area contributed by atoms with Crippen molar-refractivity contribution in [3.8, 4) is 0 Å². The van der Waals surface area contributed by atoms with Crippen LogP contribution in [0.3, 0.4) is 0 Å². The van der Waals surface area contributed by atoms with Crippen molar-refractivity contribution in [2.75, 3.05) is 49.7 Å². The second-order valence-corrected chi connectivity index (χ2v) is 11.9. The maximum Gasteiger partial charge on any atom is 0.215 e. The third-order valence-electron chi connectivity index (χ3n) is 4.86. The highest BCUT2D eigenvalue weighted by Gasteiger charge is 2.27. The van der Waals surface area contributed by atoms with Crippen LogP contribution in [0.2, 0.25) is 0 Å². The summed E-state index contributed by atoms with van der Waals surface area (Å²) in [6.45, 7) is 3.52. The van der Waals surface area contributed by atoms with Gasteiger partial charge in [-0.1, -0.05) is 13.3 Å². The molecule has 2 N–H and O–H groups in total. The van der Waals surface area contributed by atoms with Crippen LogP contribution in [0.1, 0.15) is 32.6 Å². The van der Waals surface area contributed by atoms with Crippen molar-refractivity contribution in [3.05, 3.63) is 0 Å². The maximum atomic E-state index is 12.4. The van der Waals surface area contributed by atoms with Gasteiger partial charge in [-0.05, 0) is 19.3 Å². The molecule has 1 saturated heterocycles. The first-order chi connectivity index (χ1) is 12.5. The van der Waals surface area contributed by atoms with E-state index in [-0.39, 0.29) is 17.0 Å². The second-order valence-electron chi connectivity index (χ2n) is 6.63. The van der Waals surface area contributed by atoms with Crippen LogP contribution in [-0.2, 0) is 20.8 Å². The highest BCUT2D eigenvalue weighted by Crippen LogP contribution is 2.23. The summed E-state index contributed by atoms with van der Waals surface area (Å²) in [5, 5.41) is 6.75. The Labute approximate surface area is 164 Å². The van der Waals surface area contributed by atoms with Gasteiger partial charge in [-0.2, -0.15) is 11.8 Å². The van der Waals surface area contributed by atoms with Crippen LogP contribution in [0, 0.1) is 0 Å². The molecule has 0 radical (unpaired) electrons. The first-order valence-electron chi connectivity index (χ1n) is 9.36. The molecule has 0 spiro atoms. The van der Waals surface area contributed by atoms with Gasteiger partial charge < -0.3 is 10.6 Å². The third-order valence-corrected chi connectivity index (χ3v) is 9.42. The summed E-state index contributed by atoms with van der Waals surface area (Å²) in [5.41, 5.74) is 0. The number of guanidine groups is 1. The molecule has 1 aliphatic heterocycles. The number of hydrogen-bond acceptors (Lipinski definition) is 5. The SMILES string of the molecule is CCS(=O)C1CCCC(NC(=NC)NCCS(=O)(=O)N2CCSCC2)C1. The molecule has 0 amide bonds. The molecule has 0 aromatic carbocycles. The molecule has 2 rings (SSSR count). The summed E-state index contributed by atoms with van der Waals surface area (Å²) in [6.07, 6.45) is 4.00. The summed E-state index contributed by atoms with van der Waals surface area (Å²) in [6, 6.07) is 0.242. The van der Waals surface area contributed by atoms with E-state index >= 15 is 0 Å². The smallest absolute Gasteiger partial charge is 0.215 e. The number of thioether (sulfide) groups is 1. The molecule has 1 aliphatic carbocycles. The van der Waals surface area contributed by atoms with E-state index in [1.165, 1.54) is 0 Å². The summed E-state index contributed by atoms with van der Waals surface area (Å²) in [4.78, 5) is 4.21. The fraction of sp³-hybridized carbons (Fsp3) is 0.938. The Hall–Kier alpha value is -0.320. The molecule has 1 saturated carbocycles. The summed E-state index contributed by atoms with van der Waals surface area (Å²) >= 11 is 1.80. The van der Waals surface area contributed by atoms with Crippen LogP contribution in [-0.4, -0.2) is 83.9 Å². The molecule has 2 aliphatic rings. The van der Waals surface area contributed by atoms with E-state index in [9.17, 15) is 12.6 Å². The Morgan fingerprint density at radius 1 is 1.31 bits per heavy atom. The lowest BCUT2D eigenvalue weighted by Crippen LogP contribution is -2.48. The molecule has 1 heterocycles. The zero-order chi connectivity index (χ0) is 19.0. The predicted molar refractivity (Wildman–Crippen MR) is 112 cm³/mol. The van der Waals surface area contributed by atoms with E-state index in [1.54, 1.807) is 23.1 Å². The molecule has 0 bridgehead atoms. The van der Waals surface area contributed by atoms with Crippen molar-refractivity contribution in [2.45, 2.75) is 43.9 Å². The first-order valence-corrected chi connectivity index (χ1v) is 13.5. The lowest BCUT2D eigenvalue weighted by Gasteiger charge is -2.30. The number of hydrogen-bond donors (Lipinski definition) is 2. The van der Waals surface area contributed by atoms with Crippen molar-refractivity contribution in [1.29, 1.82) is 0 Å². The Morgan fingerprint density at radius 2 is 2.04 bits per heavy atom. The van der Waals surface area contributed by atoms with Gasteiger partial charge in [-0.15, -0.1) is 0 Å². The average molecular weight is 425 g/mol. The molecule has 26 heavy (non-hydrogen) atoms. The maximum absolute atomic E-state index is 12.4. The van der Waals surface area contributed by atoms with E-state index < -0.39 is 20.8 Å². The number of rotatable bonds is 7. The van der Waals surface area contributed by atoms with Gasteiger partial charge in [0, 0.05) is 66.0 Å². The van der Waals surface area contributed by atoms with Crippen molar-refractivity contribution in [3.63, 3.8) is 0 Å². The normalized spacial score (nSPS) is 27.1. The molecule has 152 valence electrons. The molecule has 0 aromatic heterocycles.